The Labute approximate surface area is 242 Å². The first-order valence-electron chi connectivity index (χ1n) is 12.8. The zero-order chi connectivity index (χ0) is 28.9. The number of thioether (sulfide) groups is 1. The zero-order valence-corrected chi connectivity index (χ0v) is 24.2. The molecule has 212 valence electrons. The Morgan fingerprint density at radius 3 is 2.24 bits per heavy atom. The smallest absolute Gasteiger partial charge is 0.255 e. The lowest BCUT2D eigenvalue weighted by Gasteiger charge is -2.29. The van der Waals surface area contributed by atoms with Gasteiger partial charge in [0.2, 0.25) is 16.9 Å². The number of fused-ring (bicyclic) bond motifs is 1. The Kier molecular flexibility index (Phi) is 8.34. The van der Waals surface area contributed by atoms with Crippen LogP contribution in [0.5, 0.6) is 23.0 Å². The highest BCUT2D eigenvalue weighted by Crippen LogP contribution is 2.44. The quantitative estimate of drug-likeness (QED) is 0.237. The average Bonchev–Trinajstić information content (AvgIpc) is 3.41. The first-order valence-corrected chi connectivity index (χ1v) is 13.8. The average molecular weight is 574 g/mol. The number of nitrogens with one attached hydrogen (secondary N) is 2. The van der Waals surface area contributed by atoms with Crippen LogP contribution >= 0.6 is 11.8 Å². The Balaban J connectivity index is 1.59. The van der Waals surface area contributed by atoms with E-state index in [0.717, 1.165) is 5.56 Å². The minimum atomic E-state index is -0.659. The van der Waals surface area contributed by atoms with Crippen LogP contribution in [-0.4, -0.2) is 49.1 Å². The van der Waals surface area contributed by atoms with E-state index in [-0.39, 0.29) is 5.91 Å². The summed E-state index contributed by atoms with van der Waals surface area (Å²) in [5.74, 6) is 2.82. The molecule has 0 fully saturated rings. The van der Waals surface area contributed by atoms with Crippen molar-refractivity contribution in [1.82, 2.24) is 14.8 Å². The molecule has 0 spiro atoms. The fraction of sp³-hybridized carbons (Fsp3) is 0.233. The van der Waals surface area contributed by atoms with Gasteiger partial charge in [-0.05, 0) is 42.3 Å². The number of hydrogen-bond acceptors (Lipinski definition) is 9. The number of anilines is 2. The molecule has 1 unspecified atom stereocenters. The van der Waals surface area contributed by atoms with Crippen LogP contribution in [0.1, 0.15) is 24.1 Å². The predicted molar refractivity (Wildman–Crippen MR) is 158 cm³/mol. The van der Waals surface area contributed by atoms with Gasteiger partial charge in [-0.1, -0.05) is 54.2 Å². The number of hydrogen-bond donors (Lipinski definition) is 2. The molecule has 1 aliphatic heterocycles. The van der Waals surface area contributed by atoms with Gasteiger partial charge in [-0.2, -0.15) is 4.98 Å². The molecular formula is C30H31N5O5S. The van der Waals surface area contributed by atoms with Crippen molar-refractivity contribution in [2.45, 2.75) is 23.9 Å². The number of benzene rings is 3. The summed E-state index contributed by atoms with van der Waals surface area (Å²) >= 11 is 1.52. The molecule has 0 saturated carbocycles. The number of rotatable bonds is 10. The Hall–Kier alpha value is -4.64. The van der Waals surface area contributed by atoms with E-state index >= 15 is 0 Å². The van der Waals surface area contributed by atoms with Crippen LogP contribution < -0.4 is 29.6 Å². The second-order valence-corrected chi connectivity index (χ2v) is 10.1. The summed E-state index contributed by atoms with van der Waals surface area (Å²) in [5, 5.41) is 11.7. The Morgan fingerprint density at radius 2 is 1.59 bits per heavy atom. The molecule has 0 saturated heterocycles. The van der Waals surface area contributed by atoms with E-state index in [1.807, 2.05) is 49.4 Å². The van der Waals surface area contributed by atoms with Gasteiger partial charge in [0, 0.05) is 11.4 Å². The monoisotopic (exact) mass is 573 g/mol. The van der Waals surface area contributed by atoms with Gasteiger partial charge in [-0.3, -0.25) is 4.79 Å². The number of para-hydroxylation sites is 2. The molecule has 1 amide bonds. The molecule has 4 aromatic rings. The van der Waals surface area contributed by atoms with Crippen LogP contribution in [0, 0.1) is 0 Å². The molecule has 0 bridgehead atoms. The zero-order valence-electron chi connectivity index (χ0n) is 23.4. The molecule has 0 aliphatic carbocycles. The maximum absolute atomic E-state index is 14.0. The number of allylic oxidation sites excluding steroid dienone is 1. The summed E-state index contributed by atoms with van der Waals surface area (Å²) in [6.45, 7) is 1.84. The van der Waals surface area contributed by atoms with Crippen LogP contribution in [0.25, 0.3) is 0 Å². The van der Waals surface area contributed by atoms with Crippen LogP contribution in [0.2, 0.25) is 0 Å². The summed E-state index contributed by atoms with van der Waals surface area (Å²) in [7, 11) is 6.22. The summed E-state index contributed by atoms with van der Waals surface area (Å²) in [6.07, 6.45) is 0. The van der Waals surface area contributed by atoms with E-state index in [1.165, 1.54) is 11.8 Å². The Morgan fingerprint density at radius 1 is 0.927 bits per heavy atom. The number of aromatic nitrogens is 3. The fourth-order valence-corrected chi connectivity index (χ4v) is 5.50. The molecule has 0 radical (unpaired) electrons. The van der Waals surface area contributed by atoms with Crippen molar-refractivity contribution in [1.29, 1.82) is 0 Å². The van der Waals surface area contributed by atoms with Gasteiger partial charge in [0.1, 0.15) is 11.8 Å². The first-order chi connectivity index (χ1) is 20.0. The van der Waals surface area contributed by atoms with Crippen molar-refractivity contribution in [3.05, 3.63) is 89.1 Å². The highest BCUT2D eigenvalue weighted by atomic mass is 32.2. The maximum Gasteiger partial charge on any atom is 0.255 e. The van der Waals surface area contributed by atoms with Gasteiger partial charge in [-0.25, -0.2) is 4.68 Å². The lowest BCUT2D eigenvalue weighted by Crippen LogP contribution is -2.31. The number of carbonyl (C=O) groups is 1. The van der Waals surface area contributed by atoms with Gasteiger partial charge < -0.3 is 29.6 Å². The number of ether oxygens (including phenoxy) is 4. The molecule has 2 N–H and O–H groups in total. The third-order valence-electron chi connectivity index (χ3n) is 6.65. The topological polar surface area (TPSA) is 109 Å². The van der Waals surface area contributed by atoms with Crippen LogP contribution in [0.4, 0.5) is 11.6 Å². The summed E-state index contributed by atoms with van der Waals surface area (Å²) < 4.78 is 24.0. The van der Waals surface area contributed by atoms with Crippen molar-refractivity contribution in [3.63, 3.8) is 0 Å². The van der Waals surface area contributed by atoms with Gasteiger partial charge in [0.05, 0.1) is 39.7 Å². The lowest BCUT2D eigenvalue weighted by molar-refractivity contribution is -0.113. The molecule has 5 rings (SSSR count). The van der Waals surface area contributed by atoms with E-state index in [0.29, 0.717) is 62.4 Å². The summed E-state index contributed by atoms with van der Waals surface area (Å²) in [6, 6.07) is 20.4. The van der Waals surface area contributed by atoms with E-state index in [1.54, 1.807) is 45.3 Å². The molecule has 11 heteroatoms. The standard InChI is InChI=1S/C30H31N5O5S/c1-18-25(28(36)32-21-13-9-10-14-22(21)37-2)26(20-15-23(38-3)27(40-5)24(16-20)39-4)35-29(31-18)33-30(34-35)41-17-19-11-7-6-8-12-19/h6-16,26H,17H2,1-5H3,(H,32,36)(H,31,33,34). The highest BCUT2D eigenvalue weighted by molar-refractivity contribution is 7.98. The van der Waals surface area contributed by atoms with Gasteiger partial charge in [-0.15, -0.1) is 5.10 Å². The SMILES string of the molecule is COc1ccccc1NC(=O)C1=C(C)Nc2nc(SCc3ccccc3)nn2C1c1cc(OC)c(OC)c(OC)c1. The fourth-order valence-electron chi connectivity index (χ4n) is 4.71. The molecular weight excluding hydrogens is 542 g/mol. The molecule has 1 atom stereocenters. The second kappa shape index (κ2) is 12.3. The van der Waals surface area contributed by atoms with Crippen LogP contribution in [0.3, 0.4) is 0 Å². The van der Waals surface area contributed by atoms with E-state index in [2.05, 4.69) is 22.8 Å². The second-order valence-electron chi connectivity index (χ2n) is 9.12. The Bertz CT molecular complexity index is 1560. The third kappa shape index (κ3) is 5.66. The van der Waals surface area contributed by atoms with E-state index < -0.39 is 6.04 Å². The third-order valence-corrected chi connectivity index (χ3v) is 7.56. The summed E-state index contributed by atoms with van der Waals surface area (Å²) in [5.41, 5.74) is 3.49. The van der Waals surface area contributed by atoms with Crippen molar-refractivity contribution < 1.29 is 23.7 Å². The molecule has 1 aliphatic rings. The minimum Gasteiger partial charge on any atom is -0.495 e. The van der Waals surface area contributed by atoms with Gasteiger partial charge in [0.15, 0.2) is 11.5 Å². The molecule has 3 aromatic carbocycles. The van der Waals surface area contributed by atoms with Crippen molar-refractivity contribution in [2.24, 2.45) is 0 Å². The van der Waals surface area contributed by atoms with Gasteiger partial charge >= 0.3 is 0 Å². The van der Waals surface area contributed by atoms with E-state index in [9.17, 15) is 4.79 Å². The van der Waals surface area contributed by atoms with Crippen LogP contribution in [-0.2, 0) is 10.5 Å². The number of carbonyl (C=O) groups excluding carboxylic acids is 1. The van der Waals surface area contributed by atoms with E-state index in [4.69, 9.17) is 29.0 Å². The minimum absolute atomic E-state index is 0.321. The predicted octanol–water partition coefficient (Wildman–Crippen LogP) is 5.53. The number of nitrogens with zero attached hydrogens (tertiary/aromatic N) is 3. The molecule has 1 aromatic heterocycles. The summed E-state index contributed by atoms with van der Waals surface area (Å²) in [4.78, 5) is 18.7. The molecule has 2 heterocycles. The number of methoxy groups -OCH3 is 4. The van der Waals surface area contributed by atoms with Crippen molar-refractivity contribution in [2.75, 3.05) is 39.1 Å². The van der Waals surface area contributed by atoms with Crippen molar-refractivity contribution >= 4 is 29.3 Å². The highest BCUT2D eigenvalue weighted by Gasteiger charge is 2.36. The maximum atomic E-state index is 14.0. The molecule has 41 heavy (non-hydrogen) atoms. The van der Waals surface area contributed by atoms with Gasteiger partial charge in [0.25, 0.3) is 5.91 Å². The molecule has 10 nitrogen and oxygen atoms in total. The largest absolute Gasteiger partial charge is 0.495 e. The number of amides is 1. The van der Waals surface area contributed by atoms with Crippen LogP contribution in [0.15, 0.2) is 83.2 Å². The van der Waals surface area contributed by atoms with Crippen molar-refractivity contribution in [3.8, 4) is 23.0 Å². The lowest BCUT2D eigenvalue weighted by atomic mass is 9.94. The first kappa shape index (κ1) is 27.9. The normalized spacial score (nSPS) is 14.1.